The summed E-state index contributed by atoms with van der Waals surface area (Å²) < 4.78 is 36.9. The van der Waals surface area contributed by atoms with Gasteiger partial charge in [-0.25, -0.2) is 9.29 Å². The minimum Gasteiger partial charge on any atom is -0.243 e. The number of hydrogen-bond donors (Lipinski definition) is 0. The molecule has 0 aliphatic carbocycles. The first-order chi connectivity index (χ1) is 5.17. The lowest BCUT2D eigenvalue weighted by Gasteiger charge is -2.32. The molecule has 1 rings (SSSR count). The summed E-state index contributed by atoms with van der Waals surface area (Å²) in [6.45, 7) is -0.902. The maximum Gasteiger partial charge on any atom is 0.332 e. The van der Waals surface area contributed by atoms with E-state index in [0.29, 0.717) is 13.1 Å². The summed E-state index contributed by atoms with van der Waals surface area (Å²) in [4.78, 5) is 0.927. The number of alkyl halides is 3. The van der Waals surface area contributed by atoms with Crippen LogP contribution in [-0.2, 0) is 0 Å². The molecule has 0 aromatic heterocycles. The quantitative estimate of drug-likeness (QED) is 0.569. The zero-order valence-corrected chi connectivity index (χ0v) is 6.32. The number of rotatable bonds is 2. The number of halogens is 3. The average Bonchev–Trinajstić information content (AvgIpc) is 2.06. The molecule has 0 aromatic rings. The lowest BCUT2D eigenvalue weighted by molar-refractivity contribution is -0.163. The normalized spacial score (nSPS) is 22.1. The van der Waals surface area contributed by atoms with Crippen LogP contribution in [0.3, 0.4) is 0 Å². The molecule has 66 valence electrons. The summed E-state index contributed by atoms with van der Waals surface area (Å²) in [7, 11) is 0. The Bertz CT molecular complexity index is 121. The van der Waals surface area contributed by atoms with Crippen LogP contribution in [0.2, 0.25) is 0 Å². The Morgan fingerprint density at radius 2 is 1.64 bits per heavy atom. The Kier molecular flexibility index (Phi) is 2.76. The summed E-state index contributed by atoms with van der Waals surface area (Å²) in [6.07, 6.45) is 2.50. The summed E-state index contributed by atoms with van der Waals surface area (Å²) >= 11 is 0. The van der Waals surface area contributed by atoms with Crippen LogP contribution in [0.5, 0.6) is 0 Å². The summed E-state index contributed by atoms with van der Waals surface area (Å²) in [5.41, 5.74) is 0. The van der Waals surface area contributed by atoms with Gasteiger partial charge in [-0.2, -0.15) is 8.78 Å². The topological polar surface area (TPSA) is 3.24 Å². The van der Waals surface area contributed by atoms with Crippen molar-refractivity contribution in [1.29, 1.82) is 0 Å². The van der Waals surface area contributed by atoms with Crippen molar-refractivity contribution in [3.63, 3.8) is 0 Å². The third-order valence-electron chi connectivity index (χ3n) is 1.98. The van der Waals surface area contributed by atoms with Crippen LogP contribution < -0.4 is 0 Å². The summed E-state index contributed by atoms with van der Waals surface area (Å²) in [5, 5.41) is 0. The highest BCUT2D eigenvalue weighted by Crippen LogP contribution is 2.24. The minimum absolute atomic E-state index is 0.330. The Labute approximate surface area is 64.2 Å². The highest BCUT2D eigenvalue weighted by atomic mass is 19.3. The van der Waals surface area contributed by atoms with Crippen molar-refractivity contribution in [2.24, 2.45) is 0 Å². The van der Waals surface area contributed by atoms with Gasteiger partial charge in [-0.05, 0) is 12.8 Å². The van der Waals surface area contributed by atoms with Gasteiger partial charge in [0.1, 0.15) is 0 Å². The summed E-state index contributed by atoms with van der Waals surface area (Å²) in [5.74, 6) is 0. The number of nitrogens with zero attached hydrogens (tertiary/aromatic N) is 1. The SMILES string of the molecule is FCC(F)(F)N1CCCCC1. The van der Waals surface area contributed by atoms with E-state index in [2.05, 4.69) is 0 Å². The van der Waals surface area contributed by atoms with Crippen LogP contribution in [-0.4, -0.2) is 30.7 Å². The zero-order valence-electron chi connectivity index (χ0n) is 6.32. The average molecular weight is 167 g/mol. The van der Waals surface area contributed by atoms with Gasteiger partial charge in [0.15, 0.2) is 6.67 Å². The van der Waals surface area contributed by atoms with E-state index >= 15 is 0 Å². The van der Waals surface area contributed by atoms with Gasteiger partial charge in [0.2, 0.25) is 0 Å². The van der Waals surface area contributed by atoms with Crippen molar-refractivity contribution in [3.05, 3.63) is 0 Å². The van der Waals surface area contributed by atoms with E-state index < -0.39 is 12.7 Å². The van der Waals surface area contributed by atoms with Crippen molar-refractivity contribution < 1.29 is 13.2 Å². The van der Waals surface area contributed by atoms with Crippen LogP contribution >= 0.6 is 0 Å². The lowest BCUT2D eigenvalue weighted by atomic mass is 10.1. The first-order valence-electron chi connectivity index (χ1n) is 3.85. The largest absolute Gasteiger partial charge is 0.332 e. The van der Waals surface area contributed by atoms with Gasteiger partial charge >= 0.3 is 6.05 Å². The van der Waals surface area contributed by atoms with Crippen molar-refractivity contribution in [2.45, 2.75) is 25.3 Å². The minimum atomic E-state index is -3.22. The number of piperidine rings is 1. The van der Waals surface area contributed by atoms with Gasteiger partial charge in [-0.3, -0.25) is 0 Å². The van der Waals surface area contributed by atoms with Gasteiger partial charge in [0.25, 0.3) is 0 Å². The van der Waals surface area contributed by atoms with Crippen LogP contribution in [0, 0.1) is 0 Å². The third-order valence-corrected chi connectivity index (χ3v) is 1.98. The molecule has 0 spiro atoms. The van der Waals surface area contributed by atoms with Crippen molar-refractivity contribution in [3.8, 4) is 0 Å². The maximum atomic E-state index is 12.6. The van der Waals surface area contributed by atoms with Gasteiger partial charge in [-0.15, -0.1) is 0 Å². The van der Waals surface area contributed by atoms with E-state index in [4.69, 9.17) is 0 Å². The molecule has 1 fully saturated rings. The second-order valence-electron chi connectivity index (χ2n) is 2.85. The lowest BCUT2D eigenvalue weighted by Crippen LogP contribution is -2.46. The molecule has 1 heterocycles. The van der Waals surface area contributed by atoms with Crippen LogP contribution in [0.1, 0.15) is 19.3 Å². The van der Waals surface area contributed by atoms with Gasteiger partial charge in [0, 0.05) is 13.1 Å². The van der Waals surface area contributed by atoms with E-state index in [1.165, 1.54) is 0 Å². The van der Waals surface area contributed by atoms with Crippen LogP contribution in [0.4, 0.5) is 13.2 Å². The molecule has 0 aromatic carbocycles. The molecule has 1 saturated heterocycles. The third kappa shape index (κ3) is 2.09. The van der Waals surface area contributed by atoms with Gasteiger partial charge < -0.3 is 0 Å². The first-order valence-corrected chi connectivity index (χ1v) is 3.85. The molecule has 1 aliphatic heterocycles. The van der Waals surface area contributed by atoms with E-state index in [9.17, 15) is 13.2 Å². The molecule has 1 nitrogen and oxygen atoms in total. The second kappa shape index (κ2) is 3.43. The van der Waals surface area contributed by atoms with Crippen molar-refractivity contribution in [1.82, 2.24) is 4.90 Å². The smallest absolute Gasteiger partial charge is 0.243 e. The predicted octanol–water partition coefficient (Wildman–Crippen LogP) is 2.03. The molecule has 0 amide bonds. The van der Waals surface area contributed by atoms with E-state index in [1.54, 1.807) is 0 Å². The van der Waals surface area contributed by atoms with E-state index in [0.717, 1.165) is 24.2 Å². The fraction of sp³-hybridized carbons (Fsp3) is 1.00. The molecule has 0 radical (unpaired) electrons. The fourth-order valence-corrected chi connectivity index (χ4v) is 1.31. The molecule has 0 saturated carbocycles. The number of hydrogen-bond acceptors (Lipinski definition) is 1. The van der Waals surface area contributed by atoms with Crippen molar-refractivity contribution >= 4 is 0 Å². The monoisotopic (exact) mass is 167 g/mol. The second-order valence-corrected chi connectivity index (χ2v) is 2.85. The first kappa shape index (κ1) is 8.84. The molecule has 11 heavy (non-hydrogen) atoms. The Hall–Kier alpha value is -0.250. The van der Waals surface area contributed by atoms with E-state index in [-0.39, 0.29) is 0 Å². The molecule has 0 bridgehead atoms. The van der Waals surface area contributed by atoms with Crippen LogP contribution in [0.25, 0.3) is 0 Å². The Morgan fingerprint density at radius 1 is 1.09 bits per heavy atom. The maximum absolute atomic E-state index is 12.6. The van der Waals surface area contributed by atoms with Crippen molar-refractivity contribution in [2.75, 3.05) is 19.8 Å². The molecule has 4 heteroatoms. The standard InChI is InChI=1S/C7H12F3N/c8-6-7(9,10)11-4-2-1-3-5-11/h1-6H2. The van der Waals surface area contributed by atoms with Crippen LogP contribution in [0.15, 0.2) is 0 Å². The molecular formula is C7H12F3N. The Morgan fingerprint density at radius 3 is 2.09 bits per heavy atom. The molecule has 1 aliphatic rings. The Balaban J connectivity index is 2.43. The fourth-order valence-electron chi connectivity index (χ4n) is 1.31. The molecular weight excluding hydrogens is 155 g/mol. The number of likely N-dealkylation sites (tertiary alicyclic amines) is 1. The molecule has 0 atom stereocenters. The summed E-state index contributed by atoms with van der Waals surface area (Å²) in [6, 6.07) is -3.22. The zero-order chi connectivity index (χ0) is 8.32. The van der Waals surface area contributed by atoms with E-state index in [1.807, 2.05) is 0 Å². The van der Waals surface area contributed by atoms with Gasteiger partial charge in [0.05, 0.1) is 0 Å². The predicted molar refractivity (Wildman–Crippen MR) is 36.3 cm³/mol. The van der Waals surface area contributed by atoms with Gasteiger partial charge in [-0.1, -0.05) is 6.42 Å². The highest BCUT2D eigenvalue weighted by Gasteiger charge is 2.37. The molecule has 0 N–H and O–H groups in total. The molecule has 0 unspecified atom stereocenters. The highest BCUT2D eigenvalue weighted by molar-refractivity contribution is 4.72.